The van der Waals surface area contributed by atoms with Crippen molar-refractivity contribution in [3.8, 4) is 0 Å². The smallest absolute Gasteiger partial charge is 0.256 e. The lowest BCUT2D eigenvalue weighted by Crippen LogP contribution is -2.03. The molecule has 0 bridgehead atoms. The van der Waals surface area contributed by atoms with Gasteiger partial charge in [0.15, 0.2) is 11.6 Å². The van der Waals surface area contributed by atoms with E-state index < -0.39 is 11.6 Å². The summed E-state index contributed by atoms with van der Waals surface area (Å²) in [5.41, 5.74) is 2.68. The highest BCUT2D eigenvalue weighted by Crippen LogP contribution is 2.34. The zero-order chi connectivity index (χ0) is 15.7. The molecule has 2 aromatic rings. The molecule has 0 aliphatic carbocycles. The van der Waals surface area contributed by atoms with Gasteiger partial charge in [0.2, 0.25) is 0 Å². The summed E-state index contributed by atoms with van der Waals surface area (Å²) in [5, 5.41) is 2.71. The van der Waals surface area contributed by atoms with Crippen LogP contribution in [0.1, 0.15) is 16.7 Å². The average molecular weight is 320 g/mol. The van der Waals surface area contributed by atoms with Crippen molar-refractivity contribution in [2.45, 2.75) is 6.42 Å². The molecule has 0 saturated heterocycles. The van der Waals surface area contributed by atoms with Crippen LogP contribution in [0.5, 0.6) is 0 Å². The predicted octanol–water partition coefficient (Wildman–Crippen LogP) is 4.24. The third kappa shape index (κ3) is 2.62. The van der Waals surface area contributed by atoms with Crippen molar-refractivity contribution < 1.29 is 13.6 Å². The molecule has 0 atom stereocenters. The lowest BCUT2D eigenvalue weighted by atomic mass is 10.0. The highest BCUT2D eigenvalue weighted by Gasteiger charge is 2.24. The number of rotatable bonds is 3. The van der Waals surface area contributed by atoms with Crippen LogP contribution in [0.3, 0.4) is 0 Å². The van der Waals surface area contributed by atoms with Gasteiger partial charge in [-0.2, -0.15) is 0 Å². The summed E-state index contributed by atoms with van der Waals surface area (Å²) in [5.74, 6) is -1.77. The van der Waals surface area contributed by atoms with Crippen molar-refractivity contribution in [2.75, 3.05) is 11.2 Å². The first kappa shape index (κ1) is 14.7. The van der Waals surface area contributed by atoms with E-state index in [0.717, 1.165) is 11.6 Å². The number of hydrogen-bond acceptors (Lipinski definition) is 1. The van der Waals surface area contributed by atoms with Gasteiger partial charge in [0.25, 0.3) is 5.91 Å². The Kier molecular flexibility index (Phi) is 3.94. The van der Waals surface area contributed by atoms with Gasteiger partial charge in [0.05, 0.1) is 0 Å². The van der Waals surface area contributed by atoms with Crippen LogP contribution in [0.25, 0.3) is 11.6 Å². The maximum atomic E-state index is 13.8. The topological polar surface area (TPSA) is 29.1 Å². The highest BCUT2D eigenvalue weighted by atomic mass is 35.5. The van der Waals surface area contributed by atoms with Crippen LogP contribution in [0.15, 0.2) is 36.4 Å². The van der Waals surface area contributed by atoms with Crippen molar-refractivity contribution in [1.82, 2.24) is 0 Å². The normalized spacial score (nSPS) is 15.0. The van der Waals surface area contributed by atoms with Gasteiger partial charge in [0, 0.05) is 28.3 Å². The van der Waals surface area contributed by atoms with Crippen LogP contribution in [0.2, 0.25) is 0 Å². The summed E-state index contributed by atoms with van der Waals surface area (Å²) in [6.45, 7) is 0. The third-order valence-electron chi connectivity index (χ3n) is 3.53. The summed E-state index contributed by atoms with van der Waals surface area (Å²) in [4.78, 5) is 12.1. The third-order valence-corrected chi connectivity index (χ3v) is 3.72. The molecule has 1 aliphatic heterocycles. The molecule has 22 heavy (non-hydrogen) atoms. The zero-order valence-electron chi connectivity index (χ0n) is 11.5. The standard InChI is InChI=1S/C17H12ClF2NO/c18-7-6-10-4-5-15-12(8-10)13(17(22)21-15)9-11-2-1-3-14(19)16(11)20/h1-5,8-9H,6-7H2,(H,21,22). The first-order chi connectivity index (χ1) is 10.6. The molecule has 0 saturated carbocycles. The molecule has 2 aromatic carbocycles. The maximum Gasteiger partial charge on any atom is 0.256 e. The molecule has 1 aliphatic rings. The molecular formula is C17H12ClF2NO. The Morgan fingerprint density at radius 2 is 2.00 bits per heavy atom. The number of alkyl halides is 1. The molecule has 3 rings (SSSR count). The summed E-state index contributed by atoms with van der Waals surface area (Å²) < 4.78 is 27.1. The van der Waals surface area contributed by atoms with Crippen molar-refractivity contribution in [1.29, 1.82) is 0 Å². The average Bonchev–Trinajstić information content (AvgIpc) is 2.80. The minimum absolute atomic E-state index is 0.0424. The Bertz CT molecular complexity index is 786. The van der Waals surface area contributed by atoms with Crippen LogP contribution in [0.4, 0.5) is 14.5 Å². The molecule has 0 fully saturated rings. The summed E-state index contributed by atoms with van der Waals surface area (Å²) in [6, 6.07) is 9.39. The SMILES string of the molecule is O=C1Nc2ccc(CCCl)cc2C1=Cc1cccc(F)c1F. The molecule has 2 nitrogen and oxygen atoms in total. The van der Waals surface area contributed by atoms with Crippen molar-refractivity contribution in [3.63, 3.8) is 0 Å². The lowest BCUT2D eigenvalue weighted by Gasteiger charge is -2.03. The predicted molar refractivity (Wildman–Crippen MR) is 83.7 cm³/mol. The molecule has 1 N–H and O–H groups in total. The van der Waals surface area contributed by atoms with Gasteiger partial charge >= 0.3 is 0 Å². The van der Waals surface area contributed by atoms with Gasteiger partial charge < -0.3 is 5.32 Å². The van der Waals surface area contributed by atoms with Crippen LogP contribution in [-0.2, 0) is 11.2 Å². The number of carbonyl (C=O) groups is 1. The molecule has 0 spiro atoms. The van der Waals surface area contributed by atoms with Gasteiger partial charge in [-0.25, -0.2) is 8.78 Å². The first-order valence-electron chi connectivity index (χ1n) is 6.76. The largest absolute Gasteiger partial charge is 0.321 e. The number of anilines is 1. The number of fused-ring (bicyclic) bond motifs is 1. The maximum absolute atomic E-state index is 13.8. The Morgan fingerprint density at radius 3 is 2.77 bits per heavy atom. The molecule has 112 valence electrons. The molecule has 5 heteroatoms. The van der Waals surface area contributed by atoms with E-state index in [2.05, 4.69) is 5.32 Å². The zero-order valence-corrected chi connectivity index (χ0v) is 12.3. The Morgan fingerprint density at radius 1 is 1.18 bits per heavy atom. The number of amides is 1. The van der Waals surface area contributed by atoms with Crippen LogP contribution >= 0.6 is 11.6 Å². The summed E-state index contributed by atoms with van der Waals surface area (Å²) in [6.07, 6.45) is 2.04. The van der Waals surface area contributed by atoms with E-state index in [9.17, 15) is 13.6 Å². The fraction of sp³-hybridized carbons (Fsp3) is 0.118. The second kappa shape index (κ2) is 5.89. The fourth-order valence-corrected chi connectivity index (χ4v) is 2.65. The second-order valence-electron chi connectivity index (χ2n) is 4.97. The summed E-state index contributed by atoms with van der Waals surface area (Å²) in [7, 11) is 0. The van der Waals surface area contributed by atoms with Crippen molar-refractivity contribution in [3.05, 3.63) is 64.7 Å². The molecular weight excluding hydrogens is 308 g/mol. The van der Waals surface area contributed by atoms with E-state index in [1.807, 2.05) is 12.1 Å². The fourth-order valence-electron chi connectivity index (χ4n) is 2.43. The number of nitrogens with one attached hydrogen (secondary N) is 1. The minimum Gasteiger partial charge on any atom is -0.321 e. The van der Waals surface area contributed by atoms with Crippen LogP contribution in [-0.4, -0.2) is 11.8 Å². The van der Waals surface area contributed by atoms with Gasteiger partial charge in [0.1, 0.15) is 0 Å². The Balaban J connectivity index is 2.09. The van der Waals surface area contributed by atoms with E-state index in [0.29, 0.717) is 29.1 Å². The first-order valence-corrected chi connectivity index (χ1v) is 7.30. The Labute approximate surface area is 131 Å². The van der Waals surface area contributed by atoms with E-state index >= 15 is 0 Å². The number of hydrogen-bond donors (Lipinski definition) is 1. The number of halogens is 3. The number of benzene rings is 2. The van der Waals surface area contributed by atoms with Crippen molar-refractivity contribution >= 4 is 34.8 Å². The quantitative estimate of drug-likeness (QED) is 0.665. The van der Waals surface area contributed by atoms with Gasteiger partial charge in [-0.3, -0.25) is 4.79 Å². The second-order valence-corrected chi connectivity index (χ2v) is 5.35. The van der Waals surface area contributed by atoms with Crippen molar-refractivity contribution in [2.24, 2.45) is 0 Å². The molecule has 0 unspecified atom stereocenters. The highest BCUT2D eigenvalue weighted by molar-refractivity contribution is 6.35. The van der Waals surface area contributed by atoms with Crippen LogP contribution in [0, 0.1) is 11.6 Å². The monoisotopic (exact) mass is 319 g/mol. The van der Waals surface area contributed by atoms with E-state index in [1.54, 1.807) is 6.07 Å². The van der Waals surface area contributed by atoms with E-state index in [1.165, 1.54) is 18.2 Å². The molecule has 1 amide bonds. The molecule has 1 heterocycles. The Hall–Kier alpha value is -2.20. The summed E-state index contributed by atoms with van der Waals surface area (Å²) >= 11 is 5.73. The molecule has 0 aromatic heterocycles. The van der Waals surface area contributed by atoms with Crippen LogP contribution < -0.4 is 5.32 Å². The minimum atomic E-state index is -0.965. The molecule has 0 radical (unpaired) electrons. The van der Waals surface area contributed by atoms with E-state index in [4.69, 9.17) is 11.6 Å². The number of aryl methyl sites for hydroxylation is 1. The number of carbonyl (C=O) groups excluding carboxylic acids is 1. The van der Waals surface area contributed by atoms with Gasteiger partial charge in [-0.15, -0.1) is 11.6 Å². The van der Waals surface area contributed by atoms with E-state index in [-0.39, 0.29) is 11.5 Å². The van der Waals surface area contributed by atoms with Gasteiger partial charge in [-0.05, 0) is 36.3 Å². The van der Waals surface area contributed by atoms with Gasteiger partial charge in [-0.1, -0.05) is 18.2 Å². The lowest BCUT2D eigenvalue weighted by molar-refractivity contribution is -0.110.